The predicted molar refractivity (Wildman–Crippen MR) is 56.9 cm³/mol. The molecule has 1 aromatic rings. The van der Waals surface area contributed by atoms with Gasteiger partial charge in [-0.1, -0.05) is 22.9 Å². The van der Waals surface area contributed by atoms with Gasteiger partial charge in [0.25, 0.3) is 0 Å². The molecule has 0 aromatic heterocycles. The molecule has 1 aliphatic carbocycles. The summed E-state index contributed by atoms with van der Waals surface area (Å²) in [5.41, 5.74) is 0. The highest BCUT2D eigenvalue weighted by Gasteiger charge is 2.32. The van der Waals surface area contributed by atoms with E-state index in [1.54, 1.807) is 0 Å². The summed E-state index contributed by atoms with van der Waals surface area (Å²) in [6.07, 6.45) is 1.33. The quantitative estimate of drug-likeness (QED) is 0.787. The molecule has 0 spiro atoms. The highest BCUT2D eigenvalue weighted by molar-refractivity contribution is 9.10. The molecule has 1 fully saturated rings. The molecule has 1 nitrogen and oxygen atoms in total. The third-order valence-corrected chi connectivity index (χ3v) is 3.08. The lowest BCUT2D eigenvalue weighted by molar-refractivity contribution is 0.293. The summed E-state index contributed by atoms with van der Waals surface area (Å²) in [5, 5.41) is 0. The van der Waals surface area contributed by atoms with Crippen LogP contribution < -0.4 is 4.74 Å². The Bertz CT molecular complexity index is 281. The fraction of sp³-hybridized carbons (Fsp3) is 0.455. The SMILES string of the molecule is CC1CC1COc1ccc(Br)cc1. The summed E-state index contributed by atoms with van der Waals surface area (Å²) in [5.74, 6) is 2.64. The molecule has 1 aromatic carbocycles. The monoisotopic (exact) mass is 240 g/mol. The Morgan fingerprint density at radius 3 is 2.54 bits per heavy atom. The lowest BCUT2D eigenvalue weighted by atomic mass is 10.3. The van der Waals surface area contributed by atoms with Crippen molar-refractivity contribution in [2.45, 2.75) is 13.3 Å². The molecule has 0 aliphatic heterocycles. The summed E-state index contributed by atoms with van der Waals surface area (Å²) in [6, 6.07) is 8.01. The molecule has 2 atom stereocenters. The Balaban J connectivity index is 1.84. The van der Waals surface area contributed by atoms with Crippen LogP contribution in [0.1, 0.15) is 13.3 Å². The molecule has 1 saturated carbocycles. The number of hydrogen-bond acceptors (Lipinski definition) is 1. The van der Waals surface area contributed by atoms with Crippen LogP contribution >= 0.6 is 15.9 Å². The van der Waals surface area contributed by atoms with Crippen molar-refractivity contribution in [1.82, 2.24) is 0 Å². The molecular weight excluding hydrogens is 228 g/mol. The summed E-state index contributed by atoms with van der Waals surface area (Å²) in [6.45, 7) is 3.15. The summed E-state index contributed by atoms with van der Waals surface area (Å²) < 4.78 is 6.73. The minimum atomic E-state index is 0.795. The molecule has 0 heterocycles. The minimum Gasteiger partial charge on any atom is -0.493 e. The van der Waals surface area contributed by atoms with Crippen molar-refractivity contribution in [2.75, 3.05) is 6.61 Å². The Morgan fingerprint density at radius 2 is 2.00 bits per heavy atom. The fourth-order valence-electron chi connectivity index (χ4n) is 1.37. The average Bonchev–Trinajstić information content (AvgIpc) is 2.81. The van der Waals surface area contributed by atoms with Crippen LogP contribution in [-0.2, 0) is 0 Å². The summed E-state index contributed by atoms with van der Waals surface area (Å²) in [4.78, 5) is 0. The van der Waals surface area contributed by atoms with E-state index in [0.717, 1.165) is 28.7 Å². The average molecular weight is 241 g/mol. The van der Waals surface area contributed by atoms with E-state index in [1.165, 1.54) is 6.42 Å². The zero-order valence-electron chi connectivity index (χ0n) is 7.66. The van der Waals surface area contributed by atoms with Crippen molar-refractivity contribution in [3.63, 3.8) is 0 Å². The van der Waals surface area contributed by atoms with Crippen LogP contribution in [0.3, 0.4) is 0 Å². The van der Waals surface area contributed by atoms with Gasteiger partial charge in [-0.25, -0.2) is 0 Å². The molecule has 0 radical (unpaired) electrons. The Labute approximate surface area is 87.2 Å². The zero-order valence-corrected chi connectivity index (χ0v) is 9.25. The van der Waals surface area contributed by atoms with Gasteiger partial charge in [-0.3, -0.25) is 0 Å². The van der Waals surface area contributed by atoms with Gasteiger partial charge < -0.3 is 4.74 Å². The zero-order chi connectivity index (χ0) is 9.26. The maximum Gasteiger partial charge on any atom is 0.119 e. The van der Waals surface area contributed by atoms with E-state index in [4.69, 9.17) is 4.74 Å². The third kappa shape index (κ3) is 2.47. The van der Waals surface area contributed by atoms with E-state index in [0.29, 0.717) is 0 Å². The number of hydrogen-bond donors (Lipinski definition) is 0. The molecular formula is C11H13BrO. The first-order chi connectivity index (χ1) is 6.25. The molecule has 0 amide bonds. The molecule has 2 unspecified atom stereocenters. The van der Waals surface area contributed by atoms with E-state index < -0.39 is 0 Å². The normalized spacial score (nSPS) is 25.7. The van der Waals surface area contributed by atoms with Crippen molar-refractivity contribution < 1.29 is 4.74 Å². The second kappa shape index (κ2) is 3.70. The lowest BCUT2D eigenvalue weighted by Crippen LogP contribution is -1.99. The first-order valence-corrected chi connectivity index (χ1v) is 5.43. The van der Waals surface area contributed by atoms with Crippen LogP contribution in [-0.4, -0.2) is 6.61 Å². The minimum absolute atomic E-state index is 0.795. The van der Waals surface area contributed by atoms with E-state index in [9.17, 15) is 0 Å². The van der Waals surface area contributed by atoms with Gasteiger partial charge in [0.15, 0.2) is 0 Å². The maximum atomic E-state index is 5.63. The van der Waals surface area contributed by atoms with Gasteiger partial charge in [0, 0.05) is 4.47 Å². The molecule has 2 heteroatoms. The van der Waals surface area contributed by atoms with Crippen molar-refractivity contribution in [2.24, 2.45) is 11.8 Å². The van der Waals surface area contributed by atoms with Crippen LogP contribution in [0.5, 0.6) is 5.75 Å². The van der Waals surface area contributed by atoms with Crippen molar-refractivity contribution >= 4 is 15.9 Å². The summed E-state index contributed by atoms with van der Waals surface area (Å²) in [7, 11) is 0. The van der Waals surface area contributed by atoms with E-state index in [1.807, 2.05) is 24.3 Å². The van der Waals surface area contributed by atoms with Gasteiger partial charge in [0.05, 0.1) is 6.61 Å². The van der Waals surface area contributed by atoms with Gasteiger partial charge in [0.2, 0.25) is 0 Å². The Kier molecular flexibility index (Phi) is 2.58. The number of halogens is 1. The first-order valence-electron chi connectivity index (χ1n) is 4.64. The lowest BCUT2D eigenvalue weighted by Gasteiger charge is -2.04. The molecule has 0 N–H and O–H groups in total. The standard InChI is InChI=1S/C11H13BrO/c1-8-6-9(8)7-13-11-4-2-10(12)3-5-11/h2-5,8-9H,6-7H2,1H3. The Morgan fingerprint density at radius 1 is 1.38 bits per heavy atom. The van der Waals surface area contributed by atoms with Crippen LogP contribution in [0.4, 0.5) is 0 Å². The highest BCUT2D eigenvalue weighted by atomic mass is 79.9. The largest absolute Gasteiger partial charge is 0.493 e. The predicted octanol–water partition coefficient (Wildman–Crippen LogP) is 3.48. The van der Waals surface area contributed by atoms with Crippen molar-refractivity contribution in [1.29, 1.82) is 0 Å². The van der Waals surface area contributed by atoms with Gasteiger partial charge in [-0.15, -0.1) is 0 Å². The fourth-order valence-corrected chi connectivity index (χ4v) is 1.63. The van der Waals surface area contributed by atoms with Crippen molar-refractivity contribution in [3.05, 3.63) is 28.7 Å². The van der Waals surface area contributed by atoms with Crippen LogP contribution in [0, 0.1) is 11.8 Å². The van der Waals surface area contributed by atoms with E-state index in [2.05, 4.69) is 22.9 Å². The number of ether oxygens (including phenoxy) is 1. The molecule has 13 heavy (non-hydrogen) atoms. The van der Waals surface area contributed by atoms with Gasteiger partial charge in [-0.05, 0) is 42.5 Å². The van der Waals surface area contributed by atoms with E-state index in [-0.39, 0.29) is 0 Å². The number of rotatable bonds is 3. The maximum absolute atomic E-state index is 5.63. The van der Waals surface area contributed by atoms with Gasteiger partial charge in [0.1, 0.15) is 5.75 Å². The summed E-state index contributed by atoms with van der Waals surface area (Å²) >= 11 is 3.39. The van der Waals surface area contributed by atoms with E-state index >= 15 is 0 Å². The van der Waals surface area contributed by atoms with Gasteiger partial charge in [-0.2, -0.15) is 0 Å². The molecule has 0 bridgehead atoms. The third-order valence-electron chi connectivity index (χ3n) is 2.55. The molecule has 1 aliphatic rings. The smallest absolute Gasteiger partial charge is 0.119 e. The molecule has 70 valence electrons. The highest BCUT2D eigenvalue weighted by Crippen LogP contribution is 2.37. The van der Waals surface area contributed by atoms with Gasteiger partial charge >= 0.3 is 0 Å². The number of benzene rings is 1. The molecule has 2 rings (SSSR count). The second-order valence-electron chi connectivity index (χ2n) is 3.74. The topological polar surface area (TPSA) is 9.23 Å². The van der Waals surface area contributed by atoms with Crippen LogP contribution in [0.25, 0.3) is 0 Å². The Hall–Kier alpha value is -0.500. The first kappa shape index (κ1) is 9.07. The second-order valence-corrected chi connectivity index (χ2v) is 4.65. The van der Waals surface area contributed by atoms with Crippen molar-refractivity contribution in [3.8, 4) is 5.75 Å². The van der Waals surface area contributed by atoms with Crippen LogP contribution in [0.2, 0.25) is 0 Å². The van der Waals surface area contributed by atoms with Crippen LogP contribution in [0.15, 0.2) is 28.7 Å². The molecule has 0 saturated heterocycles.